The van der Waals surface area contributed by atoms with Crippen molar-refractivity contribution in [3.8, 4) is 11.5 Å². The fraction of sp³-hybridized carbons (Fsp3) is 0.500. The summed E-state index contributed by atoms with van der Waals surface area (Å²) in [6.45, 7) is 5.59. The summed E-state index contributed by atoms with van der Waals surface area (Å²) in [7, 11) is 1.82. The Balaban J connectivity index is 1.28. The van der Waals surface area contributed by atoms with Gasteiger partial charge in [-0.3, -0.25) is 14.3 Å². The average Bonchev–Trinajstić information content (AvgIpc) is 3.42. The Labute approximate surface area is 198 Å². The molecule has 1 amide bonds. The summed E-state index contributed by atoms with van der Waals surface area (Å²) >= 11 is 0. The summed E-state index contributed by atoms with van der Waals surface area (Å²) < 4.78 is 13.2. The van der Waals surface area contributed by atoms with Gasteiger partial charge in [0.1, 0.15) is 18.9 Å². The van der Waals surface area contributed by atoms with Gasteiger partial charge in [0.05, 0.1) is 5.69 Å². The number of hydrogen-bond acceptors (Lipinski definition) is 5. The summed E-state index contributed by atoms with van der Waals surface area (Å²) in [4.78, 5) is 28.5. The van der Waals surface area contributed by atoms with Crippen LogP contribution in [0, 0.1) is 13.8 Å². The lowest BCUT2D eigenvalue weighted by molar-refractivity contribution is -0.121. The van der Waals surface area contributed by atoms with E-state index in [2.05, 4.69) is 27.5 Å². The Kier molecular flexibility index (Phi) is 5.83. The van der Waals surface area contributed by atoms with Gasteiger partial charge in [-0.1, -0.05) is 18.9 Å². The molecule has 34 heavy (non-hydrogen) atoms. The summed E-state index contributed by atoms with van der Waals surface area (Å²) in [6.07, 6.45) is 5.01. The topological polar surface area (TPSA) is 98.2 Å². The summed E-state index contributed by atoms with van der Waals surface area (Å²) in [6, 6.07) is 6.18. The first-order valence-corrected chi connectivity index (χ1v) is 12.1. The van der Waals surface area contributed by atoms with Crippen LogP contribution in [0.4, 0.5) is 0 Å². The number of ether oxygens (including phenoxy) is 2. The first kappa shape index (κ1) is 22.5. The van der Waals surface area contributed by atoms with Crippen LogP contribution in [0.15, 0.2) is 23.0 Å². The van der Waals surface area contributed by atoms with Crippen LogP contribution in [0.3, 0.4) is 0 Å². The van der Waals surface area contributed by atoms with Crippen LogP contribution >= 0.6 is 0 Å². The van der Waals surface area contributed by atoms with Gasteiger partial charge >= 0.3 is 0 Å². The molecule has 1 aromatic carbocycles. The Bertz CT molecular complexity index is 1300. The number of aromatic nitrogens is 3. The maximum Gasteiger partial charge on any atom is 0.253 e. The van der Waals surface area contributed by atoms with Crippen molar-refractivity contribution in [2.24, 2.45) is 7.05 Å². The highest BCUT2D eigenvalue weighted by Gasteiger charge is 2.36. The number of nitrogens with zero attached hydrogens (tertiary/aromatic N) is 2. The van der Waals surface area contributed by atoms with E-state index in [0.29, 0.717) is 31.7 Å². The van der Waals surface area contributed by atoms with Gasteiger partial charge in [-0.05, 0) is 56.4 Å². The van der Waals surface area contributed by atoms with E-state index >= 15 is 0 Å². The van der Waals surface area contributed by atoms with Crippen LogP contribution in [0.25, 0.3) is 11.0 Å². The number of carbonyl (C=O) groups excluding carboxylic acids is 1. The molecule has 3 heterocycles. The molecule has 2 aliphatic rings. The van der Waals surface area contributed by atoms with Crippen LogP contribution < -0.4 is 20.3 Å². The number of nitrogens with one attached hydrogen (secondary N) is 2. The lowest BCUT2D eigenvalue weighted by Crippen LogP contribution is -2.39. The zero-order valence-corrected chi connectivity index (χ0v) is 20.1. The number of rotatable bonds is 6. The molecule has 1 fully saturated rings. The molecule has 0 saturated heterocycles. The first-order chi connectivity index (χ1) is 16.4. The van der Waals surface area contributed by atoms with Crippen molar-refractivity contribution >= 4 is 16.9 Å². The van der Waals surface area contributed by atoms with Gasteiger partial charge in [-0.25, -0.2) is 0 Å². The van der Waals surface area contributed by atoms with Gasteiger partial charge in [-0.2, -0.15) is 5.10 Å². The Morgan fingerprint density at radius 2 is 1.91 bits per heavy atom. The number of fused-ring (bicyclic) bond motifs is 2. The second kappa shape index (κ2) is 8.81. The zero-order chi connectivity index (χ0) is 23.9. The molecule has 0 bridgehead atoms. The molecule has 0 unspecified atom stereocenters. The lowest BCUT2D eigenvalue weighted by atomic mass is 9.78. The van der Waals surface area contributed by atoms with Crippen molar-refractivity contribution in [1.29, 1.82) is 0 Å². The van der Waals surface area contributed by atoms with Crippen molar-refractivity contribution in [3.05, 3.63) is 50.9 Å². The molecule has 3 aromatic rings. The van der Waals surface area contributed by atoms with E-state index in [-0.39, 0.29) is 23.3 Å². The molecular formula is C26H32N4O4. The van der Waals surface area contributed by atoms with Crippen molar-refractivity contribution in [2.75, 3.05) is 19.8 Å². The summed E-state index contributed by atoms with van der Waals surface area (Å²) in [5.74, 6) is 1.54. The quantitative estimate of drug-likeness (QED) is 0.584. The number of benzene rings is 1. The van der Waals surface area contributed by atoms with Crippen molar-refractivity contribution < 1.29 is 14.3 Å². The molecule has 0 radical (unpaired) electrons. The predicted molar refractivity (Wildman–Crippen MR) is 130 cm³/mol. The highest BCUT2D eigenvalue weighted by atomic mass is 16.6. The third-order valence-electron chi connectivity index (χ3n) is 7.50. The third-order valence-corrected chi connectivity index (χ3v) is 7.50. The number of hydrogen-bond donors (Lipinski definition) is 2. The van der Waals surface area contributed by atoms with Crippen LogP contribution in [0.5, 0.6) is 11.5 Å². The summed E-state index contributed by atoms with van der Waals surface area (Å²) in [5.41, 5.74) is 4.10. The molecule has 180 valence electrons. The minimum atomic E-state index is -0.149. The molecule has 2 aromatic heterocycles. The molecule has 2 N–H and O–H groups in total. The van der Waals surface area contributed by atoms with Gasteiger partial charge < -0.3 is 19.8 Å². The molecule has 0 atom stereocenters. The van der Waals surface area contributed by atoms with Gasteiger partial charge in [0.2, 0.25) is 5.91 Å². The second-order valence-electron chi connectivity index (χ2n) is 9.61. The number of amides is 1. The molecule has 8 nitrogen and oxygen atoms in total. The van der Waals surface area contributed by atoms with Crippen molar-refractivity contribution in [3.63, 3.8) is 0 Å². The predicted octanol–water partition coefficient (Wildman–Crippen LogP) is 3.21. The normalized spacial score (nSPS) is 16.7. The molecular weight excluding hydrogens is 432 g/mol. The third kappa shape index (κ3) is 3.95. The molecule has 0 spiro atoms. The minimum Gasteiger partial charge on any atom is -0.486 e. The number of aryl methyl sites for hydroxylation is 3. The van der Waals surface area contributed by atoms with Gasteiger partial charge in [0, 0.05) is 36.4 Å². The van der Waals surface area contributed by atoms with E-state index < -0.39 is 0 Å². The highest BCUT2D eigenvalue weighted by Crippen LogP contribution is 2.43. The highest BCUT2D eigenvalue weighted by molar-refractivity contribution is 5.83. The molecule has 1 aliphatic carbocycles. The van der Waals surface area contributed by atoms with E-state index in [0.717, 1.165) is 59.5 Å². The maximum atomic E-state index is 12.9. The van der Waals surface area contributed by atoms with E-state index in [4.69, 9.17) is 9.47 Å². The van der Waals surface area contributed by atoms with Crippen molar-refractivity contribution in [1.82, 2.24) is 20.1 Å². The molecule has 1 aliphatic heterocycles. The summed E-state index contributed by atoms with van der Waals surface area (Å²) in [5, 5.41) is 8.54. The monoisotopic (exact) mass is 464 g/mol. The zero-order valence-electron chi connectivity index (χ0n) is 20.1. The Morgan fingerprint density at radius 3 is 2.68 bits per heavy atom. The SMILES string of the molecule is Cc1nn(C)c2[nH]c(=O)c(CCC(=O)NCC3(c4ccc5c(c4)OCCO5)CCCC3)c(C)c12. The fourth-order valence-electron chi connectivity index (χ4n) is 5.64. The van der Waals surface area contributed by atoms with E-state index in [1.54, 1.807) is 4.68 Å². The number of aromatic amines is 1. The average molecular weight is 465 g/mol. The standard InChI is InChI=1S/C26H32N4O4/c1-16-19(25(32)28-24-23(16)17(2)29-30(24)3)7-9-22(31)27-15-26(10-4-5-11-26)18-6-8-20-21(14-18)34-13-12-33-20/h6,8,14H,4-5,7,9-13,15H2,1-3H3,(H,27,31)(H,28,32). The van der Waals surface area contributed by atoms with E-state index in [9.17, 15) is 9.59 Å². The number of H-pyrrole nitrogens is 1. The minimum absolute atomic E-state index is 0.0365. The Morgan fingerprint density at radius 1 is 1.18 bits per heavy atom. The van der Waals surface area contributed by atoms with Gasteiger partial charge in [0.15, 0.2) is 11.5 Å². The van der Waals surface area contributed by atoms with Crippen LogP contribution in [-0.4, -0.2) is 40.4 Å². The van der Waals surface area contributed by atoms with Crippen molar-refractivity contribution in [2.45, 2.75) is 57.8 Å². The van der Waals surface area contributed by atoms with Gasteiger partial charge in [-0.15, -0.1) is 0 Å². The smallest absolute Gasteiger partial charge is 0.253 e. The number of pyridine rings is 1. The Hall–Kier alpha value is -3.29. The van der Waals surface area contributed by atoms with Gasteiger partial charge in [0.25, 0.3) is 5.56 Å². The lowest BCUT2D eigenvalue weighted by Gasteiger charge is -2.31. The second-order valence-corrected chi connectivity index (χ2v) is 9.61. The van der Waals surface area contributed by atoms with Crippen LogP contribution in [0.1, 0.15) is 54.5 Å². The molecule has 5 rings (SSSR count). The largest absolute Gasteiger partial charge is 0.486 e. The van der Waals surface area contributed by atoms with E-state index in [1.807, 2.05) is 27.0 Å². The first-order valence-electron chi connectivity index (χ1n) is 12.1. The number of carbonyl (C=O) groups is 1. The van der Waals surface area contributed by atoms with E-state index in [1.165, 1.54) is 5.56 Å². The molecule has 8 heteroatoms. The molecule has 1 saturated carbocycles. The maximum absolute atomic E-state index is 12.9. The van der Waals surface area contributed by atoms with Crippen LogP contribution in [-0.2, 0) is 23.7 Å². The fourth-order valence-corrected chi connectivity index (χ4v) is 5.64. The van der Waals surface area contributed by atoms with Crippen LogP contribution in [0.2, 0.25) is 0 Å².